The maximum absolute atomic E-state index is 12.1. The standard InChI is InChI=1S/C12H11I3O4.C10H17NO3.2C8H15NO2.C7H3I3O2.C7H6O2/c1-12(2,5-9(16)17)19-11(18)7-3-6(13)4-8(14)10(7)15;1-9(2)10(12)14-8-5-11-3-6-13-7-4-11;2*1-7(2)8(10)11-6-5-9(3)4;8-3-1-4(7(11)12)6(10)5(9)2-3;8-7(9)6-4-2-1-3-5-6/h3-4H,5H2,1-2H3,(H,16,17);1,3-8H2,2H3;2*1,5-6H2,2-4H3;1-2H,(H,11,12);1-5H,(H,8,9). The van der Waals surface area contributed by atoms with E-state index >= 15 is 0 Å². The number of nitrogens with one attached hydrogen (secondary N) is 3. The maximum atomic E-state index is 12.1. The molecule has 0 unspecified atom stereocenters. The number of halogens is 6. The van der Waals surface area contributed by atoms with E-state index < -0.39 is 29.5 Å². The van der Waals surface area contributed by atoms with Crippen LogP contribution in [-0.4, -0.2) is 141 Å². The van der Waals surface area contributed by atoms with Crippen LogP contribution in [-0.2, 0) is 42.9 Å². The Morgan fingerprint density at radius 2 is 1.01 bits per heavy atom. The van der Waals surface area contributed by atoms with Crippen molar-refractivity contribution in [2.75, 3.05) is 93.9 Å². The van der Waals surface area contributed by atoms with Crippen molar-refractivity contribution >= 4 is 177 Å². The topological polar surface area (TPSA) is 248 Å². The Labute approximate surface area is 528 Å². The summed E-state index contributed by atoms with van der Waals surface area (Å²) in [5.41, 5.74) is 1.22. The molecule has 1 aliphatic rings. The van der Waals surface area contributed by atoms with Gasteiger partial charge in [-0.2, -0.15) is 0 Å². The van der Waals surface area contributed by atoms with Crippen molar-refractivity contribution in [2.24, 2.45) is 0 Å². The number of carboxylic acid groups (broad SMARTS) is 3. The molecule has 1 saturated heterocycles. The Bertz CT molecular complexity index is 2380. The van der Waals surface area contributed by atoms with Gasteiger partial charge in [0.05, 0.1) is 58.9 Å². The summed E-state index contributed by atoms with van der Waals surface area (Å²) in [7, 11) is 8.03. The number of carboxylic acids is 3. The number of quaternary nitrogens is 3. The van der Waals surface area contributed by atoms with Crippen LogP contribution in [0.25, 0.3) is 0 Å². The molecular formula is C52H67I6N3O15. The molecule has 3 N–H and O–H groups in total. The summed E-state index contributed by atoms with van der Waals surface area (Å²) in [4.78, 5) is 80.0. The first-order chi connectivity index (χ1) is 35.2. The summed E-state index contributed by atoms with van der Waals surface area (Å²) in [6.07, 6.45) is -0.337. The summed E-state index contributed by atoms with van der Waals surface area (Å²) in [6, 6.07) is 15.3. The summed E-state index contributed by atoms with van der Waals surface area (Å²) < 4.78 is 30.5. The highest BCUT2D eigenvalue weighted by Crippen LogP contribution is 2.26. The van der Waals surface area contributed by atoms with Crippen molar-refractivity contribution in [3.8, 4) is 0 Å². The van der Waals surface area contributed by atoms with E-state index in [-0.39, 0.29) is 35.5 Å². The van der Waals surface area contributed by atoms with Gasteiger partial charge in [0, 0.05) is 56.1 Å². The summed E-state index contributed by atoms with van der Waals surface area (Å²) in [5, 5.41) is 31.3. The van der Waals surface area contributed by atoms with Crippen LogP contribution in [0.15, 0.2) is 91.1 Å². The van der Waals surface area contributed by atoms with E-state index in [1.807, 2.05) is 62.9 Å². The smallest absolute Gasteiger partial charge is 0.339 e. The monoisotopic (exact) mass is 1730 g/mol. The van der Waals surface area contributed by atoms with Crippen LogP contribution in [0.3, 0.4) is 0 Å². The third-order valence-electron chi connectivity index (χ3n) is 8.98. The molecule has 0 aliphatic carbocycles. The van der Waals surface area contributed by atoms with Crippen molar-refractivity contribution in [1.29, 1.82) is 0 Å². The SMILES string of the molecule is C=C(C)C(=O)OCC[NH+](C)C.C=C(C)C(=O)OCC[NH+](C)C.C=C(C)C(=O)OCC[NH+]1CCOCC1.CC(C)(CC(=O)[O-])OC(=O)c1cc(I)cc(I)c1I.O=C([O-])c1cc(I)cc(I)c1I.O=C([O-])c1ccccc1. The van der Waals surface area contributed by atoms with Gasteiger partial charge in [0.2, 0.25) is 0 Å². The molecule has 1 aliphatic heterocycles. The molecular weight excluding hydrogens is 1670 g/mol. The van der Waals surface area contributed by atoms with E-state index in [1.54, 1.807) is 65.0 Å². The Hall–Kier alpha value is -2.61. The Morgan fingerprint density at radius 1 is 0.618 bits per heavy atom. The van der Waals surface area contributed by atoms with Crippen molar-refractivity contribution in [1.82, 2.24) is 0 Å². The van der Waals surface area contributed by atoms with E-state index in [2.05, 4.69) is 133 Å². The molecule has 0 atom stereocenters. The van der Waals surface area contributed by atoms with Crippen LogP contribution in [0.4, 0.5) is 0 Å². The second-order valence-electron chi connectivity index (χ2n) is 17.4. The van der Waals surface area contributed by atoms with Crippen molar-refractivity contribution in [3.63, 3.8) is 0 Å². The lowest BCUT2D eigenvalue weighted by Gasteiger charge is -2.25. The Kier molecular flexibility index (Phi) is 41.1. The number of esters is 4. The molecule has 0 saturated carbocycles. The van der Waals surface area contributed by atoms with Gasteiger partial charge in [-0.15, -0.1) is 0 Å². The van der Waals surface area contributed by atoms with Gasteiger partial charge < -0.3 is 68.1 Å². The Morgan fingerprint density at radius 3 is 1.37 bits per heavy atom. The molecule has 4 rings (SSSR count). The van der Waals surface area contributed by atoms with Gasteiger partial charge in [0.25, 0.3) is 0 Å². The molecule has 3 aromatic rings. The fourth-order valence-corrected chi connectivity index (χ4v) is 9.69. The quantitative estimate of drug-likeness (QED) is 0.0542. The molecule has 76 heavy (non-hydrogen) atoms. The summed E-state index contributed by atoms with van der Waals surface area (Å²) >= 11 is 12.5. The first-order valence-corrected chi connectivity index (χ1v) is 29.4. The summed E-state index contributed by atoms with van der Waals surface area (Å²) in [5.74, 6) is -4.90. The average molecular weight is 1740 g/mol. The fourth-order valence-electron chi connectivity index (χ4n) is 4.94. The highest BCUT2D eigenvalue weighted by atomic mass is 127. The van der Waals surface area contributed by atoms with Gasteiger partial charge in [-0.25, -0.2) is 19.2 Å². The highest BCUT2D eigenvalue weighted by molar-refractivity contribution is 14.1. The first-order valence-electron chi connectivity index (χ1n) is 22.9. The second kappa shape index (κ2) is 41.4. The predicted molar refractivity (Wildman–Crippen MR) is 332 cm³/mol. The minimum atomic E-state index is -1.25. The number of hydrogen-bond donors (Lipinski definition) is 3. The van der Waals surface area contributed by atoms with Crippen molar-refractivity contribution in [3.05, 3.63) is 129 Å². The number of benzene rings is 3. The molecule has 0 radical (unpaired) electrons. The van der Waals surface area contributed by atoms with E-state index in [4.69, 9.17) is 23.7 Å². The van der Waals surface area contributed by atoms with E-state index in [1.165, 1.54) is 26.8 Å². The normalized spacial score (nSPS) is 11.5. The molecule has 0 aromatic heterocycles. The van der Waals surface area contributed by atoms with Crippen molar-refractivity contribution < 1.29 is 87.3 Å². The molecule has 0 amide bonds. The minimum Gasteiger partial charge on any atom is -0.550 e. The van der Waals surface area contributed by atoms with Gasteiger partial charge in [-0.1, -0.05) is 50.1 Å². The summed E-state index contributed by atoms with van der Waals surface area (Å²) in [6.45, 7) is 26.1. The van der Waals surface area contributed by atoms with Crippen LogP contribution in [0.5, 0.6) is 0 Å². The van der Waals surface area contributed by atoms with Gasteiger partial charge in [-0.3, -0.25) is 0 Å². The zero-order valence-corrected chi connectivity index (χ0v) is 56.9. The number of rotatable bonds is 18. The lowest BCUT2D eigenvalue weighted by Crippen LogP contribution is -3.14. The average Bonchev–Trinajstić information content (AvgIpc) is 3.31. The van der Waals surface area contributed by atoms with E-state index in [0.717, 1.165) is 67.4 Å². The number of carbonyl (C=O) groups is 7. The largest absolute Gasteiger partial charge is 0.550 e. The van der Waals surface area contributed by atoms with Crippen LogP contribution in [0.1, 0.15) is 72.1 Å². The minimum absolute atomic E-state index is 0.220. The van der Waals surface area contributed by atoms with E-state index in [9.17, 15) is 48.9 Å². The molecule has 0 spiro atoms. The van der Waals surface area contributed by atoms with Gasteiger partial charge in [0.15, 0.2) is 0 Å². The molecule has 1 fully saturated rings. The lowest BCUT2D eigenvalue weighted by molar-refractivity contribution is -0.908. The first kappa shape index (κ1) is 75.5. The number of hydrogen-bond acceptors (Lipinski definition) is 15. The molecule has 0 bridgehead atoms. The number of likely N-dealkylation sites (N-methyl/N-ethyl adjacent to an activating group) is 2. The lowest BCUT2D eigenvalue weighted by atomic mass is 10.1. The highest BCUT2D eigenvalue weighted by Gasteiger charge is 2.26. The molecule has 3 aromatic carbocycles. The zero-order chi connectivity index (χ0) is 58.9. The molecule has 24 heteroatoms. The fraction of sp³-hybridized carbons (Fsp3) is 0.404. The third-order valence-corrected chi connectivity index (χ3v) is 16.3. The number of aliphatic carboxylic acids is 1. The van der Waals surface area contributed by atoms with Crippen LogP contribution >= 0.6 is 136 Å². The number of carbonyl (C=O) groups excluding carboxylic acids is 7. The van der Waals surface area contributed by atoms with Gasteiger partial charge in [0.1, 0.15) is 58.1 Å². The van der Waals surface area contributed by atoms with Gasteiger partial charge >= 0.3 is 23.9 Å². The Balaban J connectivity index is 0. The zero-order valence-electron chi connectivity index (χ0n) is 44.0. The molecule has 18 nitrogen and oxygen atoms in total. The maximum Gasteiger partial charge on any atom is 0.339 e. The van der Waals surface area contributed by atoms with Crippen molar-refractivity contribution in [2.45, 2.75) is 46.6 Å². The predicted octanol–water partition coefficient (Wildman–Crippen LogP) is 2.01. The van der Waals surface area contributed by atoms with E-state index in [0.29, 0.717) is 42.1 Å². The number of ether oxygens (including phenoxy) is 5. The number of aromatic carboxylic acids is 2. The molecule has 422 valence electrons. The molecule has 1 heterocycles. The number of morpholine rings is 1. The third kappa shape index (κ3) is 37.3. The van der Waals surface area contributed by atoms with Crippen LogP contribution < -0.4 is 30.0 Å². The van der Waals surface area contributed by atoms with Crippen LogP contribution in [0, 0.1) is 21.4 Å². The van der Waals surface area contributed by atoms with Gasteiger partial charge in [-0.05, 0) is 200 Å². The van der Waals surface area contributed by atoms with Crippen LogP contribution in [0.2, 0.25) is 0 Å². The second-order valence-corrected chi connectivity index (χ2v) is 24.4.